The van der Waals surface area contributed by atoms with Crippen LogP contribution in [0, 0.1) is 11.8 Å². The van der Waals surface area contributed by atoms with Crippen molar-refractivity contribution in [2.24, 2.45) is 11.8 Å². The minimum atomic E-state index is 0.00416. The molecule has 0 radical (unpaired) electrons. The second-order valence-corrected chi connectivity index (χ2v) is 16.6. The van der Waals surface area contributed by atoms with E-state index in [9.17, 15) is 9.59 Å². The van der Waals surface area contributed by atoms with Gasteiger partial charge in [0.25, 0.3) is 0 Å². The lowest BCUT2D eigenvalue weighted by molar-refractivity contribution is -0.144. The molecule has 0 aliphatic carbocycles. The third-order valence-corrected chi connectivity index (χ3v) is 11.4. The Morgan fingerprint density at radius 2 is 0.642 bits per heavy atom. The maximum Gasteiger partial charge on any atom is 0.305 e. The van der Waals surface area contributed by atoms with E-state index in [2.05, 4.69) is 33.0 Å². The van der Waals surface area contributed by atoms with Crippen LogP contribution in [0.25, 0.3) is 0 Å². The lowest BCUT2D eigenvalue weighted by Crippen LogP contribution is -2.16. The third-order valence-electron chi connectivity index (χ3n) is 11.4. The number of unbranched alkanes of at least 4 members (excludes halogenated alkanes) is 20. The van der Waals surface area contributed by atoms with Crippen molar-refractivity contribution in [2.45, 2.75) is 259 Å². The summed E-state index contributed by atoms with van der Waals surface area (Å²) in [5, 5.41) is 3.60. The summed E-state index contributed by atoms with van der Waals surface area (Å²) in [6, 6.07) is 0. The van der Waals surface area contributed by atoms with Crippen molar-refractivity contribution in [3.05, 3.63) is 0 Å². The molecule has 0 aromatic heterocycles. The molecule has 0 unspecified atom stereocenters. The normalized spacial score (nSPS) is 11.6. The number of ether oxygens (including phenoxy) is 2. The molecular formula is C48H95NO4. The second-order valence-electron chi connectivity index (χ2n) is 16.6. The summed E-state index contributed by atoms with van der Waals surface area (Å²) in [5.41, 5.74) is 0. The van der Waals surface area contributed by atoms with E-state index in [-0.39, 0.29) is 11.9 Å². The first-order chi connectivity index (χ1) is 26.1. The van der Waals surface area contributed by atoms with Gasteiger partial charge in [-0.05, 0) is 76.3 Å². The average molecular weight is 750 g/mol. The third kappa shape index (κ3) is 40.4. The fourth-order valence-corrected chi connectivity index (χ4v) is 7.79. The van der Waals surface area contributed by atoms with E-state index in [0.29, 0.717) is 26.1 Å². The van der Waals surface area contributed by atoms with Crippen molar-refractivity contribution in [3.8, 4) is 0 Å². The number of carbonyl (C=O) groups excluding carboxylic acids is 2. The monoisotopic (exact) mass is 750 g/mol. The maximum absolute atomic E-state index is 12.2. The smallest absolute Gasteiger partial charge is 0.305 e. The zero-order valence-electron chi connectivity index (χ0n) is 36.6. The van der Waals surface area contributed by atoms with Gasteiger partial charge in [0.05, 0.1) is 13.2 Å². The highest BCUT2D eigenvalue weighted by atomic mass is 16.5. The summed E-state index contributed by atoms with van der Waals surface area (Å²) < 4.78 is 11.2. The molecule has 0 fully saturated rings. The summed E-state index contributed by atoms with van der Waals surface area (Å²) >= 11 is 0. The van der Waals surface area contributed by atoms with Gasteiger partial charge >= 0.3 is 11.9 Å². The van der Waals surface area contributed by atoms with E-state index in [4.69, 9.17) is 9.47 Å². The fourth-order valence-electron chi connectivity index (χ4n) is 7.79. The molecule has 1 N–H and O–H groups in total. The van der Waals surface area contributed by atoms with Gasteiger partial charge in [0, 0.05) is 12.8 Å². The number of nitrogens with one attached hydrogen (secondary N) is 1. The van der Waals surface area contributed by atoms with Gasteiger partial charge in [0.15, 0.2) is 0 Å². The highest BCUT2D eigenvalue weighted by Gasteiger charge is 2.11. The molecule has 0 spiro atoms. The topological polar surface area (TPSA) is 64.6 Å². The summed E-state index contributed by atoms with van der Waals surface area (Å²) in [4.78, 5) is 24.4. The summed E-state index contributed by atoms with van der Waals surface area (Å²) in [7, 11) is 0. The molecule has 0 rings (SSSR count). The Labute approximate surface area is 332 Å². The van der Waals surface area contributed by atoms with Crippen molar-refractivity contribution in [1.29, 1.82) is 0 Å². The summed E-state index contributed by atoms with van der Waals surface area (Å²) in [6.45, 7) is 12.5. The first kappa shape index (κ1) is 51.9. The molecule has 0 aliphatic heterocycles. The molecule has 0 saturated heterocycles. The van der Waals surface area contributed by atoms with Crippen LogP contribution in [0.3, 0.4) is 0 Å². The van der Waals surface area contributed by atoms with E-state index in [0.717, 1.165) is 63.5 Å². The first-order valence-electron chi connectivity index (χ1n) is 24.1. The fraction of sp³-hybridized carbons (Fsp3) is 0.958. The van der Waals surface area contributed by atoms with Gasteiger partial charge in [0.2, 0.25) is 0 Å². The second kappa shape index (κ2) is 43.6. The Morgan fingerprint density at radius 1 is 0.358 bits per heavy atom. The number of esters is 2. The van der Waals surface area contributed by atoms with Crippen LogP contribution >= 0.6 is 0 Å². The van der Waals surface area contributed by atoms with Crippen molar-refractivity contribution in [1.82, 2.24) is 5.32 Å². The summed E-state index contributed by atoms with van der Waals surface area (Å²) in [5.74, 6) is 1.64. The molecule has 53 heavy (non-hydrogen) atoms. The lowest BCUT2D eigenvalue weighted by atomic mass is 9.91. The highest BCUT2D eigenvalue weighted by molar-refractivity contribution is 5.69. The predicted octanol–water partition coefficient (Wildman–Crippen LogP) is 15.0. The van der Waals surface area contributed by atoms with Gasteiger partial charge < -0.3 is 14.8 Å². The average Bonchev–Trinajstić information content (AvgIpc) is 3.16. The van der Waals surface area contributed by atoms with Gasteiger partial charge in [-0.2, -0.15) is 0 Å². The standard InChI is InChI=1S/C48H95NO4/c1-5-9-13-23-33-45(34-24-14-10-6-2)37-31-43-52-47(50)39-27-19-17-21-29-41-49-42-30-22-18-20-28-40-48(51)53-44-32-38-46(35-25-15-11-7-3)36-26-16-12-8-4/h45-46,49H,5-44H2,1-4H3. The van der Waals surface area contributed by atoms with Crippen LogP contribution in [-0.2, 0) is 19.1 Å². The number of hydrogen-bond acceptors (Lipinski definition) is 5. The molecule has 0 heterocycles. The molecule has 0 saturated carbocycles. The van der Waals surface area contributed by atoms with Gasteiger partial charge in [-0.25, -0.2) is 0 Å². The van der Waals surface area contributed by atoms with E-state index in [1.165, 1.54) is 180 Å². The van der Waals surface area contributed by atoms with Crippen LogP contribution in [0.15, 0.2) is 0 Å². The van der Waals surface area contributed by atoms with Crippen molar-refractivity contribution in [3.63, 3.8) is 0 Å². The van der Waals surface area contributed by atoms with Crippen molar-refractivity contribution < 1.29 is 19.1 Å². The van der Waals surface area contributed by atoms with E-state index in [1.807, 2.05) is 0 Å². The molecule has 0 amide bonds. The molecule has 0 aliphatic rings. The summed E-state index contributed by atoms with van der Waals surface area (Å²) in [6.07, 6.45) is 44.1. The van der Waals surface area contributed by atoms with Crippen LogP contribution in [0.4, 0.5) is 0 Å². The predicted molar refractivity (Wildman–Crippen MR) is 231 cm³/mol. The Kier molecular flexibility index (Phi) is 42.7. The molecule has 316 valence electrons. The van der Waals surface area contributed by atoms with Gasteiger partial charge in [0.1, 0.15) is 0 Å². The SMILES string of the molecule is CCCCCCC(CCCCCC)CCCOC(=O)CCCCCCCNCCCCCCCC(=O)OCCCC(CCCCCC)CCCCCC. The number of carbonyl (C=O) groups is 2. The van der Waals surface area contributed by atoms with E-state index >= 15 is 0 Å². The van der Waals surface area contributed by atoms with Crippen LogP contribution in [0.5, 0.6) is 0 Å². The van der Waals surface area contributed by atoms with Gasteiger partial charge in [-0.3, -0.25) is 9.59 Å². The zero-order chi connectivity index (χ0) is 38.7. The minimum absolute atomic E-state index is 0.00416. The lowest BCUT2D eigenvalue weighted by Gasteiger charge is -2.17. The molecule has 5 heteroatoms. The van der Waals surface area contributed by atoms with Crippen LogP contribution in [-0.4, -0.2) is 38.2 Å². The zero-order valence-corrected chi connectivity index (χ0v) is 36.6. The van der Waals surface area contributed by atoms with Crippen LogP contribution in [0.1, 0.15) is 259 Å². The molecule has 5 nitrogen and oxygen atoms in total. The van der Waals surface area contributed by atoms with Crippen molar-refractivity contribution in [2.75, 3.05) is 26.3 Å². The first-order valence-corrected chi connectivity index (χ1v) is 24.1. The molecule has 0 aromatic rings. The molecular weight excluding hydrogens is 655 g/mol. The highest BCUT2D eigenvalue weighted by Crippen LogP contribution is 2.24. The molecule has 0 bridgehead atoms. The Balaban J connectivity index is 3.63. The number of hydrogen-bond donors (Lipinski definition) is 1. The van der Waals surface area contributed by atoms with E-state index in [1.54, 1.807) is 0 Å². The Hall–Kier alpha value is -1.10. The van der Waals surface area contributed by atoms with Gasteiger partial charge in [-0.1, -0.05) is 195 Å². The van der Waals surface area contributed by atoms with Crippen molar-refractivity contribution >= 4 is 11.9 Å². The largest absolute Gasteiger partial charge is 0.466 e. The Bertz CT molecular complexity index is 659. The minimum Gasteiger partial charge on any atom is -0.466 e. The Morgan fingerprint density at radius 3 is 0.981 bits per heavy atom. The van der Waals surface area contributed by atoms with Crippen LogP contribution in [0.2, 0.25) is 0 Å². The van der Waals surface area contributed by atoms with E-state index < -0.39 is 0 Å². The quantitative estimate of drug-likeness (QED) is 0.0496. The number of rotatable bonds is 44. The van der Waals surface area contributed by atoms with Crippen LogP contribution < -0.4 is 5.32 Å². The molecule has 0 atom stereocenters. The van der Waals surface area contributed by atoms with Gasteiger partial charge in [-0.15, -0.1) is 0 Å². The maximum atomic E-state index is 12.2. The molecule has 0 aromatic carbocycles.